The molecule has 0 saturated carbocycles. The molecule has 5 heteroatoms. The van der Waals surface area contributed by atoms with Gasteiger partial charge in [0.25, 0.3) is 0 Å². The molecule has 0 atom stereocenters. The molecule has 0 bridgehead atoms. The Bertz CT molecular complexity index is 318. The van der Waals surface area contributed by atoms with E-state index in [-0.39, 0.29) is 48.9 Å². The quantitative estimate of drug-likeness (QED) is 0.775. The molecule has 1 aromatic carbocycles. The summed E-state index contributed by atoms with van der Waals surface area (Å²) in [5, 5.41) is 13.5. The minimum Gasteiger partial charge on any atom is -0.177 e. The molecule has 0 aliphatic carbocycles. The molecular formula is C7H6BaN4. The first-order valence-corrected chi connectivity index (χ1v) is 3.26. The summed E-state index contributed by atoms with van der Waals surface area (Å²) in [4.78, 5) is 0. The molecule has 12 heavy (non-hydrogen) atoms. The second-order valence-electron chi connectivity index (χ2n) is 2.10. The molecule has 1 N–H and O–H groups in total. The van der Waals surface area contributed by atoms with Crippen molar-refractivity contribution in [1.29, 1.82) is 0 Å². The maximum atomic E-state index is 3.84. The number of hydrogen-bond donors (Lipinski definition) is 1. The van der Waals surface area contributed by atoms with E-state index in [0.717, 1.165) is 5.56 Å². The van der Waals surface area contributed by atoms with E-state index < -0.39 is 0 Å². The largest absolute Gasteiger partial charge is 0.204 e. The van der Waals surface area contributed by atoms with Gasteiger partial charge in [-0.25, -0.2) is 0 Å². The molecule has 2 rings (SSSR count). The molecule has 2 aromatic rings. The number of tetrazole rings is 1. The minimum atomic E-state index is 0. The van der Waals surface area contributed by atoms with Gasteiger partial charge in [0.05, 0.1) is 0 Å². The second kappa shape index (κ2) is 4.78. The molecule has 0 aliphatic rings. The van der Waals surface area contributed by atoms with Crippen LogP contribution < -0.4 is 0 Å². The first kappa shape index (κ1) is 9.95. The molecule has 0 saturated heterocycles. The maximum absolute atomic E-state index is 3.84. The minimum absolute atomic E-state index is 0. The fraction of sp³-hybridized carbons (Fsp3) is 0. The van der Waals surface area contributed by atoms with E-state index in [0.29, 0.717) is 5.82 Å². The van der Waals surface area contributed by atoms with E-state index in [1.807, 2.05) is 30.3 Å². The number of hydrogen-bond acceptors (Lipinski definition) is 3. The van der Waals surface area contributed by atoms with Gasteiger partial charge in [0.2, 0.25) is 5.82 Å². The molecule has 56 valence electrons. The van der Waals surface area contributed by atoms with Crippen LogP contribution >= 0.6 is 0 Å². The van der Waals surface area contributed by atoms with Gasteiger partial charge in [-0.2, -0.15) is 5.21 Å². The molecule has 2 radical (unpaired) electrons. The third kappa shape index (κ3) is 2.18. The Hall–Kier alpha value is -0.139. The first-order valence-electron chi connectivity index (χ1n) is 3.26. The zero-order valence-electron chi connectivity index (χ0n) is 6.44. The Morgan fingerprint density at radius 1 is 1.08 bits per heavy atom. The van der Waals surface area contributed by atoms with E-state index in [2.05, 4.69) is 20.6 Å². The molecule has 0 fully saturated rings. The molecule has 0 aliphatic heterocycles. The Morgan fingerprint density at radius 3 is 2.42 bits per heavy atom. The number of aromatic nitrogens is 4. The van der Waals surface area contributed by atoms with E-state index in [4.69, 9.17) is 0 Å². The van der Waals surface area contributed by atoms with Crippen molar-refractivity contribution < 1.29 is 0 Å². The van der Waals surface area contributed by atoms with Crippen molar-refractivity contribution in [3.05, 3.63) is 30.3 Å². The van der Waals surface area contributed by atoms with Crippen LogP contribution in [0.1, 0.15) is 0 Å². The Balaban J connectivity index is 0.000000720. The zero-order chi connectivity index (χ0) is 7.52. The van der Waals surface area contributed by atoms with Gasteiger partial charge < -0.3 is 0 Å². The van der Waals surface area contributed by atoms with Crippen molar-refractivity contribution in [2.45, 2.75) is 0 Å². The van der Waals surface area contributed by atoms with Crippen molar-refractivity contribution in [2.24, 2.45) is 0 Å². The van der Waals surface area contributed by atoms with Crippen LogP contribution in [-0.2, 0) is 0 Å². The van der Waals surface area contributed by atoms with Gasteiger partial charge in [0, 0.05) is 54.4 Å². The summed E-state index contributed by atoms with van der Waals surface area (Å²) in [5.74, 6) is 0.630. The van der Waals surface area contributed by atoms with E-state index in [1.165, 1.54) is 0 Å². The van der Waals surface area contributed by atoms with Crippen LogP contribution in [0, 0.1) is 0 Å². The average Bonchev–Trinajstić information content (AvgIpc) is 2.58. The van der Waals surface area contributed by atoms with Gasteiger partial charge in [0.1, 0.15) is 0 Å². The fourth-order valence-electron chi connectivity index (χ4n) is 0.871. The Kier molecular flexibility index (Phi) is 3.96. The van der Waals surface area contributed by atoms with Crippen LogP contribution in [0.15, 0.2) is 30.3 Å². The molecule has 4 nitrogen and oxygen atoms in total. The third-order valence-electron chi connectivity index (χ3n) is 1.38. The van der Waals surface area contributed by atoms with Crippen molar-refractivity contribution in [3.8, 4) is 11.4 Å². The summed E-state index contributed by atoms with van der Waals surface area (Å²) in [6.07, 6.45) is 0. The summed E-state index contributed by atoms with van der Waals surface area (Å²) in [6.45, 7) is 0. The number of nitrogens with zero attached hydrogens (tertiary/aromatic N) is 3. The summed E-state index contributed by atoms with van der Waals surface area (Å²) in [7, 11) is 0. The number of H-pyrrole nitrogens is 1. The summed E-state index contributed by atoms with van der Waals surface area (Å²) in [5.41, 5.74) is 0.973. The van der Waals surface area contributed by atoms with Gasteiger partial charge in [-0.3, -0.25) is 0 Å². The topological polar surface area (TPSA) is 54.5 Å². The van der Waals surface area contributed by atoms with Gasteiger partial charge in [0.15, 0.2) is 0 Å². The summed E-state index contributed by atoms with van der Waals surface area (Å²) < 4.78 is 0. The zero-order valence-corrected chi connectivity index (χ0v) is 10.9. The number of benzene rings is 1. The van der Waals surface area contributed by atoms with Gasteiger partial charge >= 0.3 is 0 Å². The molecule has 0 amide bonds. The molecular weight excluding hydrogens is 277 g/mol. The number of nitrogens with one attached hydrogen (secondary N) is 1. The summed E-state index contributed by atoms with van der Waals surface area (Å²) in [6, 6.07) is 9.69. The van der Waals surface area contributed by atoms with E-state index >= 15 is 0 Å². The first-order chi connectivity index (χ1) is 5.47. The molecule has 1 heterocycles. The van der Waals surface area contributed by atoms with Crippen molar-refractivity contribution >= 4 is 48.9 Å². The predicted molar refractivity (Wildman–Crippen MR) is 45.4 cm³/mol. The van der Waals surface area contributed by atoms with Crippen molar-refractivity contribution in [1.82, 2.24) is 20.6 Å². The molecule has 1 aromatic heterocycles. The van der Waals surface area contributed by atoms with Crippen molar-refractivity contribution in [3.63, 3.8) is 0 Å². The number of aromatic amines is 1. The van der Waals surface area contributed by atoms with Crippen molar-refractivity contribution in [2.75, 3.05) is 0 Å². The SMILES string of the molecule is [Ba].c1ccc(-c2nn[nH]n2)cc1. The van der Waals surface area contributed by atoms with Crippen LogP contribution in [0.4, 0.5) is 0 Å². The Labute approximate surface area is 110 Å². The van der Waals surface area contributed by atoms with Crippen LogP contribution in [-0.4, -0.2) is 69.5 Å². The maximum Gasteiger partial charge on any atom is 0.204 e. The van der Waals surface area contributed by atoms with Crippen LogP contribution in [0.5, 0.6) is 0 Å². The smallest absolute Gasteiger partial charge is 0.177 e. The monoisotopic (exact) mass is 284 g/mol. The van der Waals surface area contributed by atoms with E-state index in [9.17, 15) is 0 Å². The number of rotatable bonds is 1. The van der Waals surface area contributed by atoms with Gasteiger partial charge in [-0.15, -0.1) is 10.2 Å². The van der Waals surface area contributed by atoms with Gasteiger partial charge in [-0.05, 0) is 5.21 Å². The second-order valence-corrected chi connectivity index (χ2v) is 2.10. The third-order valence-corrected chi connectivity index (χ3v) is 1.38. The fourth-order valence-corrected chi connectivity index (χ4v) is 0.871. The predicted octanol–water partition coefficient (Wildman–Crippen LogP) is 0.486. The summed E-state index contributed by atoms with van der Waals surface area (Å²) >= 11 is 0. The normalized spacial score (nSPS) is 9.00. The Morgan fingerprint density at radius 2 is 1.83 bits per heavy atom. The molecule has 0 spiro atoms. The average molecular weight is 283 g/mol. The van der Waals surface area contributed by atoms with Crippen LogP contribution in [0.25, 0.3) is 11.4 Å². The molecule has 0 unspecified atom stereocenters. The van der Waals surface area contributed by atoms with E-state index in [1.54, 1.807) is 0 Å². The van der Waals surface area contributed by atoms with Crippen LogP contribution in [0.3, 0.4) is 0 Å². The standard InChI is InChI=1S/C7H6N4.Ba/c1-2-4-6(5-3-1)7-8-10-11-9-7;/h1-5H,(H,8,9,10,11);. The van der Waals surface area contributed by atoms with Gasteiger partial charge in [-0.1, -0.05) is 30.3 Å². The van der Waals surface area contributed by atoms with Crippen LogP contribution in [0.2, 0.25) is 0 Å².